The highest BCUT2D eigenvalue weighted by molar-refractivity contribution is 7.99. The van der Waals surface area contributed by atoms with Crippen LogP contribution in [0.25, 0.3) is 16.6 Å². The van der Waals surface area contributed by atoms with E-state index in [2.05, 4.69) is 0 Å². The summed E-state index contributed by atoms with van der Waals surface area (Å²) in [6, 6.07) is 19.2. The number of para-hydroxylation sites is 1. The summed E-state index contributed by atoms with van der Waals surface area (Å²) in [6.07, 6.45) is 0. The number of aromatic nitrogens is 2. The molecule has 5 heteroatoms. The molecule has 0 aliphatic heterocycles. The Kier molecular flexibility index (Phi) is 5.79. The molecule has 0 fully saturated rings. The number of thioether (sulfide) groups is 1. The van der Waals surface area contributed by atoms with Gasteiger partial charge in [-0.05, 0) is 63.1 Å². The summed E-state index contributed by atoms with van der Waals surface area (Å²) in [4.78, 5) is 31.1. The minimum atomic E-state index is -0.126. The molecule has 4 nitrogen and oxygen atoms in total. The summed E-state index contributed by atoms with van der Waals surface area (Å²) in [5.41, 5.74) is 6.13. The van der Waals surface area contributed by atoms with Crippen molar-refractivity contribution >= 4 is 28.4 Å². The van der Waals surface area contributed by atoms with Crippen LogP contribution in [0.15, 0.2) is 70.6 Å². The van der Waals surface area contributed by atoms with Gasteiger partial charge in [0.25, 0.3) is 5.56 Å². The fourth-order valence-corrected chi connectivity index (χ4v) is 4.61. The molecule has 3 aromatic carbocycles. The molecule has 1 heterocycles. The van der Waals surface area contributed by atoms with E-state index in [0.717, 1.165) is 27.9 Å². The molecule has 0 aliphatic rings. The van der Waals surface area contributed by atoms with Crippen molar-refractivity contribution in [2.24, 2.45) is 0 Å². The second-order valence-electron chi connectivity index (χ2n) is 7.87. The molecule has 0 saturated carbocycles. The van der Waals surface area contributed by atoms with Crippen molar-refractivity contribution in [2.45, 2.75) is 32.9 Å². The standard InChI is InChI=1S/C26H24N2O2S/c1-16-10-12-23(19(4)13-16)28-25(30)20-7-5-6-8-22(20)27-26(28)31-15-24(29)21-14-17(2)9-11-18(21)3/h5-14H,15H2,1-4H3. The largest absolute Gasteiger partial charge is 0.293 e. The van der Waals surface area contributed by atoms with E-state index in [-0.39, 0.29) is 17.1 Å². The van der Waals surface area contributed by atoms with Gasteiger partial charge in [0.1, 0.15) is 0 Å². The fraction of sp³-hybridized carbons (Fsp3) is 0.192. The van der Waals surface area contributed by atoms with Crippen LogP contribution >= 0.6 is 11.8 Å². The Labute approximate surface area is 186 Å². The average molecular weight is 429 g/mol. The quantitative estimate of drug-likeness (QED) is 0.236. The lowest BCUT2D eigenvalue weighted by Gasteiger charge is -2.15. The third-order valence-electron chi connectivity index (χ3n) is 5.36. The van der Waals surface area contributed by atoms with Crippen LogP contribution in [0.4, 0.5) is 0 Å². The van der Waals surface area contributed by atoms with E-state index in [0.29, 0.717) is 21.6 Å². The summed E-state index contributed by atoms with van der Waals surface area (Å²) < 4.78 is 1.64. The Morgan fingerprint density at radius 3 is 2.39 bits per heavy atom. The van der Waals surface area contributed by atoms with Crippen molar-refractivity contribution in [3.8, 4) is 5.69 Å². The number of benzene rings is 3. The minimum Gasteiger partial charge on any atom is -0.293 e. The maximum absolute atomic E-state index is 13.4. The van der Waals surface area contributed by atoms with Crippen molar-refractivity contribution in [1.29, 1.82) is 0 Å². The first-order chi connectivity index (χ1) is 14.8. The van der Waals surface area contributed by atoms with E-state index in [1.807, 2.05) is 82.3 Å². The molecule has 31 heavy (non-hydrogen) atoms. The van der Waals surface area contributed by atoms with Crippen LogP contribution in [-0.4, -0.2) is 21.1 Å². The molecule has 4 rings (SSSR count). The van der Waals surface area contributed by atoms with E-state index < -0.39 is 0 Å². The van der Waals surface area contributed by atoms with Gasteiger partial charge < -0.3 is 0 Å². The normalized spacial score (nSPS) is 11.1. The summed E-state index contributed by atoms with van der Waals surface area (Å²) in [5.74, 6) is 0.237. The first-order valence-corrected chi connectivity index (χ1v) is 11.2. The maximum Gasteiger partial charge on any atom is 0.266 e. The highest BCUT2D eigenvalue weighted by Crippen LogP contribution is 2.25. The zero-order valence-corrected chi connectivity index (χ0v) is 18.9. The predicted molar refractivity (Wildman–Crippen MR) is 128 cm³/mol. The van der Waals surface area contributed by atoms with Crippen LogP contribution in [0.2, 0.25) is 0 Å². The molecule has 4 aromatic rings. The first kappa shape index (κ1) is 21.1. The van der Waals surface area contributed by atoms with Gasteiger partial charge in [0, 0.05) is 5.56 Å². The lowest BCUT2D eigenvalue weighted by atomic mass is 10.0. The van der Waals surface area contributed by atoms with Crippen LogP contribution in [0.3, 0.4) is 0 Å². The molecule has 156 valence electrons. The second-order valence-corrected chi connectivity index (χ2v) is 8.81. The van der Waals surface area contributed by atoms with Crippen molar-refractivity contribution in [2.75, 3.05) is 5.75 Å². The van der Waals surface area contributed by atoms with Gasteiger partial charge >= 0.3 is 0 Å². The molecule has 0 atom stereocenters. The molecule has 0 radical (unpaired) electrons. The van der Waals surface area contributed by atoms with Gasteiger partial charge in [-0.15, -0.1) is 0 Å². The minimum absolute atomic E-state index is 0.0285. The number of hydrogen-bond acceptors (Lipinski definition) is 4. The molecular formula is C26H24N2O2S. The molecule has 0 aliphatic carbocycles. The van der Waals surface area contributed by atoms with E-state index in [9.17, 15) is 9.59 Å². The lowest BCUT2D eigenvalue weighted by molar-refractivity contribution is 0.102. The maximum atomic E-state index is 13.4. The van der Waals surface area contributed by atoms with Gasteiger partial charge in [-0.2, -0.15) is 0 Å². The molecule has 0 bridgehead atoms. The van der Waals surface area contributed by atoms with Gasteiger partial charge in [-0.3, -0.25) is 14.2 Å². The van der Waals surface area contributed by atoms with Crippen molar-refractivity contribution < 1.29 is 4.79 Å². The summed E-state index contributed by atoms with van der Waals surface area (Å²) >= 11 is 1.30. The Bertz CT molecular complexity index is 1370. The fourth-order valence-electron chi connectivity index (χ4n) is 3.72. The zero-order chi connectivity index (χ0) is 22.1. The molecule has 0 N–H and O–H groups in total. The molecule has 0 unspecified atom stereocenters. The molecule has 1 aromatic heterocycles. The third kappa shape index (κ3) is 4.19. The molecule has 0 amide bonds. The number of ketones is 1. The second kappa shape index (κ2) is 8.52. The number of carbonyl (C=O) groups is 1. The first-order valence-electron chi connectivity index (χ1n) is 10.2. The lowest BCUT2D eigenvalue weighted by Crippen LogP contribution is -2.23. The molecule has 0 saturated heterocycles. The van der Waals surface area contributed by atoms with E-state index in [1.54, 1.807) is 10.6 Å². The number of nitrogens with zero attached hydrogens (tertiary/aromatic N) is 2. The topological polar surface area (TPSA) is 52.0 Å². The van der Waals surface area contributed by atoms with Gasteiger partial charge in [0.2, 0.25) is 0 Å². The van der Waals surface area contributed by atoms with Crippen molar-refractivity contribution in [1.82, 2.24) is 9.55 Å². The average Bonchev–Trinajstić information content (AvgIpc) is 2.75. The van der Waals surface area contributed by atoms with Crippen LogP contribution < -0.4 is 5.56 Å². The zero-order valence-electron chi connectivity index (χ0n) is 18.1. The Balaban J connectivity index is 1.80. The van der Waals surface area contributed by atoms with Gasteiger partial charge in [-0.1, -0.05) is 59.3 Å². The van der Waals surface area contributed by atoms with Gasteiger partial charge in [0.15, 0.2) is 10.9 Å². The van der Waals surface area contributed by atoms with Crippen LogP contribution in [0, 0.1) is 27.7 Å². The molecular weight excluding hydrogens is 404 g/mol. The Hall–Kier alpha value is -3.18. The summed E-state index contributed by atoms with van der Waals surface area (Å²) in [6.45, 7) is 7.93. The monoisotopic (exact) mass is 428 g/mol. The van der Waals surface area contributed by atoms with E-state index >= 15 is 0 Å². The van der Waals surface area contributed by atoms with E-state index in [1.165, 1.54) is 11.8 Å². The molecule has 0 spiro atoms. The van der Waals surface area contributed by atoms with Crippen molar-refractivity contribution in [3.05, 3.63) is 98.8 Å². The van der Waals surface area contributed by atoms with Crippen LogP contribution in [0.5, 0.6) is 0 Å². The number of Topliss-reactive ketones (excluding diaryl/α,β-unsaturated/α-hetero) is 1. The van der Waals surface area contributed by atoms with Crippen LogP contribution in [-0.2, 0) is 0 Å². The number of aryl methyl sites for hydroxylation is 4. The van der Waals surface area contributed by atoms with Gasteiger partial charge in [-0.25, -0.2) is 4.98 Å². The van der Waals surface area contributed by atoms with Crippen molar-refractivity contribution in [3.63, 3.8) is 0 Å². The SMILES string of the molecule is Cc1ccc(-n2c(SCC(=O)c3cc(C)ccc3C)nc3ccccc3c2=O)c(C)c1. The number of hydrogen-bond donors (Lipinski definition) is 0. The highest BCUT2D eigenvalue weighted by atomic mass is 32.2. The Morgan fingerprint density at radius 2 is 1.61 bits per heavy atom. The third-order valence-corrected chi connectivity index (χ3v) is 6.30. The Morgan fingerprint density at radius 1 is 0.903 bits per heavy atom. The number of carbonyl (C=O) groups excluding carboxylic acids is 1. The van der Waals surface area contributed by atoms with Gasteiger partial charge in [0.05, 0.1) is 22.3 Å². The predicted octanol–water partition coefficient (Wildman–Crippen LogP) is 5.59. The van der Waals surface area contributed by atoms with Crippen LogP contribution in [0.1, 0.15) is 32.6 Å². The number of fused-ring (bicyclic) bond motifs is 1. The van der Waals surface area contributed by atoms with E-state index in [4.69, 9.17) is 4.98 Å². The number of rotatable bonds is 5. The highest BCUT2D eigenvalue weighted by Gasteiger charge is 2.17. The summed E-state index contributed by atoms with van der Waals surface area (Å²) in [7, 11) is 0. The summed E-state index contributed by atoms with van der Waals surface area (Å²) in [5, 5.41) is 1.09. The smallest absolute Gasteiger partial charge is 0.266 e.